The Morgan fingerprint density at radius 3 is 2.31 bits per heavy atom. The summed E-state index contributed by atoms with van der Waals surface area (Å²) in [6.45, 7) is 5.11. The van der Waals surface area contributed by atoms with E-state index >= 15 is 0 Å². The Morgan fingerprint density at radius 2 is 1.88 bits per heavy atom. The fourth-order valence-electron chi connectivity index (χ4n) is 2.18. The van der Waals surface area contributed by atoms with Crippen molar-refractivity contribution in [3.63, 3.8) is 0 Å². The second kappa shape index (κ2) is 5.30. The first-order valence-electron chi connectivity index (χ1n) is 5.67. The molecule has 92 valence electrons. The quantitative estimate of drug-likeness (QED) is 0.748. The first-order chi connectivity index (χ1) is 7.47. The van der Waals surface area contributed by atoms with Crippen LogP contribution in [0.2, 0.25) is 0 Å². The van der Waals surface area contributed by atoms with Crippen LogP contribution in [0.3, 0.4) is 0 Å². The minimum atomic E-state index is -1.000. The third kappa shape index (κ3) is 2.72. The Morgan fingerprint density at radius 1 is 1.31 bits per heavy atom. The maximum absolute atomic E-state index is 11.0. The van der Waals surface area contributed by atoms with Gasteiger partial charge in [-0.05, 0) is 26.3 Å². The van der Waals surface area contributed by atoms with Crippen LogP contribution in [-0.2, 0) is 9.59 Å². The van der Waals surface area contributed by atoms with E-state index in [1.54, 1.807) is 0 Å². The van der Waals surface area contributed by atoms with E-state index in [2.05, 4.69) is 4.90 Å². The molecule has 0 saturated carbocycles. The van der Waals surface area contributed by atoms with Gasteiger partial charge in [0.15, 0.2) is 0 Å². The van der Waals surface area contributed by atoms with Gasteiger partial charge in [0.25, 0.3) is 0 Å². The summed E-state index contributed by atoms with van der Waals surface area (Å²) < 4.78 is 0. The second-order valence-electron chi connectivity index (χ2n) is 4.43. The third-order valence-corrected chi connectivity index (χ3v) is 3.49. The maximum Gasteiger partial charge on any atom is 0.308 e. The van der Waals surface area contributed by atoms with Crippen LogP contribution in [0.25, 0.3) is 0 Å². The van der Waals surface area contributed by atoms with Gasteiger partial charge in [-0.15, -0.1) is 0 Å². The number of aliphatic carboxylic acids is 2. The van der Waals surface area contributed by atoms with Crippen molar-refractivity contribution in [2.75, 3.05) is 13.1 Å². The fraction of sp³-hybridized carbons (Fsp3) is 0.818. The summed E-state index contributed by atoms with van der Waals surface area (Å²) in [7, 11) is 0. The molecule has 1 aliphatic heterocycles. The zero-order valence-electron chi connectivity index (χ0n) is 9.72. The van der Waals surface area contributed by atoms with Crippen LogP contribution in [0.5, 0.6) is 0 Å². The van der Waals surface area contributed by atoms with Crippen molar-refractivity contribution in [3.05, 3.63) is 0 Å². The SMILES string of the molecule is CCC(C)N1CCC(C(=O)O)C(C(=O)O)C1. The van der Waals surface area contributed by atoms with Crippen LogP contribution in [-0.4, -0.2) is 46.2 Å². The summed E-state index contributed by atoms with van der Waals surface area (Å²) in [6.07, 6.45) is 1.38. The first-order valence-corrected chi connectivity index (χ1v) is 5.67. The largest absolute Gasteiger partial charge is 0.481 e. The van der Waals surface area contributed by atoms with Crippen LogP contribution >= 0.6 is 0 Å². The molecule has 2 N–H and O–H groups in total. The topological polar surface area (TPSA) is 77.8 Å². The summed E-state index contributed by atoms with van der Waals surface area (Å²) in [5.41, 5.74) is 0. The highest BCUT2D eigenvalue weighted by Gasteiger charge is 2.39. The molecule has 5 heteroatoms. The maximum atomic E-state index is 11.0. The van der Waals surface area contributed by atoms with Crippen molar-refractivity contribution >= 4 is 11.9 Å². The van der Waals surface area contributed by atoms with Crippen molar-refractivity contribution in [2.45, 2.75) is 32.7 Å². The Hall–Kier alpha value is -1.10. The van der Waals surface area contributed by atoms with Gasteiger partial charge in [0.2, 0.25) is 0 Å². The Balaban J connectivity index is 2.72. The van der Waals surface area contributed by atoms with Crippen LogP contribution in [0, 0.1) is 11.8 Å². The van der Waals surface area contributed by atoms with Crippen LogP contribution in [0.4, 0.5) is 0 Å². The summed E-state index contributed by atoms with van der Waals surface area (Å²) >= 11 is 0. The van der Waals surface area contributed by atoms with Gasteiger partial charge < -0.3 is 10.2 Å². The lowest BCUT2D eigenvalue weighted by atomic mass is 9.85. The molecule has 0 spiro atoms. The van der Waals surface area contributed by atoms with Gasteiger partial charge in [-0.3, -0.25) is 14.5 Å². The Bertz CT molecular complexity index is 279. The van der Waals surface area contributed by atoms with Gasteiger partial charge in [0.1, 0.15) is 0 Å². The van der Waals surface area contributed by atoms with Crippen LogP contribution < -0.4 is 0 Å². The molecule has 1 heterocycles. The molecule has 3 atom stereocenters. The highest BCUT2D eigenvalue weighted by molar-refractivity contribution is 5.80. The number of carbonyl (C=O) groups is 2. The molecule has 0 aliphatic carbocycles. The number of piperidine rings is 1. The summed E-state index contributed by atoms with van der Waals surface area (Å²) in [5, 5.41) is 18.0. The lowest BCUT2D eigenvalue weighted by Crippen LogP contribution is -2.49. The molecule has 16 heavy (non-hydrogen) atoms. The second-order valence-corrected chi connectivity index (χ2v) is 4.43. The van der Waals surface area contributed by atoms with Gasteiger partial charge in [0.05, 0.1) is 11.8 Å². The molecule has 0 bridgehead atoms. The lowest BCUT2D eigenvalue weighted by molar-refractivity contribution is -0.157. The van der Waals surface area contributed by atoms with E-state index in [1.165, 1.54) is 0 Å². The van der Waals surface area contributed by atoms with E-state index < -0.39 is 23.8 Å². The van der Waals surface area contributed by atoms with E-state index in [9.17, 15) is 9.59 Å². The third-order valence-electron chi connectivity index (χ3n) is 3.49. The number of hydrogen-bond donors (Lipinski definition) is 2. The standard InChI is InChI=1S/C11H19NO4/c1-3-7(2)12-5-4-8(10(13)14)9(6-12)11(15)16/h7-9H,3-6H2,1-2H3,(H,13,14)(H,15,16). The molecule has 1 rings (SSSR count). The van der Waals surface area contributed by atoms with Crippen molar-refractivity contribution in [1.29, 1.82) is 0 Å². The molecule has 1 aliphatic rings. The molecule has 3 unspecified atom stereocenters. The molecule has 0 amide bonds. The highest BCUT2D eigenvalue weighted by atomic mass is 16.4. The van der Waals surface area contributed by atoms with Crippen molar-refractivity contribution in [2.24, 2.45) is 11.8 Å². The molecule has 5 nitrogen and oxygen atoms in total. The minimum Gasteiger partial charge on any atom is -0.481 e. The number of likely N-dealkylation sites (tertiary alicyclic amines) is 1. The highest BCUT2D eigenvalue weighted by Crippen LogP contribution is 2.26. The molecule has 0 aromatic heterocycles. The lowest BCUT2D eigenvalue weighted by Gasteiger charge is -2.37. The van der Waals surface area contributed by atoms with E-state index in [4.69, 9.17) is 10.2 Å². The van der Waals surface area contributed by atoms with E-state index in [0.717, 1.165) is 6.42 Å². The van der Waals surface area contributed by atoms with Crippen LogP contribution in [0.1, 0.15) is 26.7 Å². The van der Waals surface area contributed by atoms with E-state index in [1.807, 2.05) is 13.8 Å². The average molecular weight is 229 g/mol. The molecule has 0 aromatic carbocycles. The fourth-order valence-corrected chi connectivity index (χ4v) is 2.18. The Kier molecular flexibility index (Phi) is 4.29. The van der Waals surface area contributed by atoms with Gasteiger partial charge in [-0.1, -0.05) is 6.92 Å². The summed E-state index contributed by atoms with van der Waals surface area (Å²) in [4.78, 5) is 24.0. The number of carboxylic acids is 2. The summed E-state index contributed by atoms with van der Waals surface area (Å²) in [6, 6.07) is 0.316. The van der Waals surface area contributed by atoms with Crippen molar-refractivity contribution < 1.29 is 19.8 Å². The predicted octanol–water partition coefficient (Wildman–Crippen LogP) is 0.892. The van der Waals surface area contributed by atoms with Gasteiger partial charge in [0, 0.05) is 12.6 Å². The number of nitrogens with zero attached hydrogens (tertiary/aromatic N) is 1. The molecule has 1 saturated heterocycles. The van der Waals surface area contributed by atoms with Gasteiger partial charge in [-0.25, -0.2) is 0 Å². The monoisotopic (exact) mass is 229 g/mol. The molecular weight excluding hydrogens is 210 g/mol. The number of rotatable bonds is 4. The predicted molar refractivity (Wildman–Crippen MR) is 58.2 cm³/mol. The zero-order chi connectivity index (χ0) is 12.3. The van der Waals surface area contributed by atoms with Gasteiger partial charge >= 0.3 is 11.9 Å². The minimum absolute atomic E-state index is 0.316. The van der Waals surface area contributed by atoms with Crippen molar-refractivity contribution in [1.82, 2.24) is 4.90 Å². The summed E-state index contributed by atoms with van der Waals surface area (Å²) in [5.74, 6) is -3.50. The molecule has 0 aromatic rings. The first kappa shape index (κ1) is 13.0. The van der Waals surface area contributed by atoms with Crippen molar-refractivity contribution in [3.8, 4) is 0 Å². The Labute approximate surface area is 95.1 Å². The number of hydrogen-bond acceptors (Lipinski definition) is 3. The van der Waals surface area contributed by atoms with Gasteiger partial charge in [-0.2, -0.15) is 0 Å². The molecule has 0 radical (unpaired) electrons. The average Bonchev–Trinajstić information content (AvgIpc) is 2.26. The van der Waals surface area contributed by atoms with Crippen LogP contribution in [0.15, 0.2) is 0 Å². The number of carboxylic acid groups (broad SMARTS) is 2. The van der Waals surface area contributed by atoms with E-state index in [0.29, 0.717) is 25.6 Å². The molecule has 1 fully saturated rings. The molecular formula is C11H19NO4. The zero-order valence-corrected chi connectivity index (χ0v) is 9.72. The smallest absolute Gasteiger partial charge is 0.308 e. The van der Waals surface area contributed by atoms with E-state index in [-0.39, 0.29) is 0 Å². The normalized spacial score (nSPS) is 28.6.